The van der Waals surface area contributed by atoms with E-state index in [-0.39, 0.29) is 42.1 Å². The normalized spacial score (nSPS) is 11.5. The predicted octanol–water partition coefficient (Wildman–Crippen LogP) is 4.76. The summed E-state index contributed by atoms with van der Waals surface area (Å²) in [6, 6.07) is 10.1. The van der Waals surface area contributed by atoms with Gasteiger partial charge in [-0.05, 0) is 63.4 Å². The summed E-state index contributed by atoms with van der Waals surface area (Å²) < 4.78 is 8.82. The van der Waals surface area contributed by atoms with Gasteiger partial charge in [0, 0.05) is 30.2 Å². The first-order chi connectivity index (χ1) is 17.4. The van der Waals surface area contributed by atoms with Gasteiger partial charge in [0.25, 0.3) is 11.5 Å². The fraction of sp³-hybridized carbons (Fsp3) is 0.407. The third kappa shape index (κ3) is 6.60. The zero-order chi connectivity index (χ0) is 27.3. The molecular weight excluding hydrogens is 494 g/mol. The van der Waals surface area contributed by atoms with Crippen LogP contribution in [0.15, 0.2) is 47.4 Å². The van der Waals surface area contributed by atoms with Crippen molar-refractivity contribution in [1.29, 1.82) is 0 Å². The second-order valence-electron chi connectivity index (χ2n) is 9.85. The van der Waals surface area contributed by atoms with Crippen LogP contribution in [0, 0.1) is 12.3 Å². The number of amides is 2. The Balaban J connectivity index is 1.74. The predicted molar refractivity (Wildman–Crippen MR) is 145 cm³/mol. The summed E-state index contributed by atoms with van der Waals surface area (Å²) in [4.78, 5) is 43.5. The Morgan fingerprint density at radius 3 is 2.54 bits per heavy atom. The molecule has 0 unspecified atom stereocenters. The molecule has 9 nitrogen and oxygen atoms in total. The van der Waals surface area contributed by atoms with Crippen molar-refractivity contribution in [2.45, 2.75) is 54.0 Å². The highest BCUT2D eigenvalue weighted by molar-refractivity contribution is 6.31. The minimum absolute atomic E-state index is 0.0416. The van der Waals surface area contributed by atoms with Crippen molar-refractivity contribution >= 4 is 29.1 Å². The number of carbonyl (C=O) groups excluding carboxylic acids is 2. The maximum absolute atomic E-state index is 13.3. The number of aromatic nitrogens is 3. The van der Waals surface area contributed by atoms with Crippen molar-refractivity contribution in [2.24, 2.45) is 5.41 Å². The molecule has 0 bridgehead atoms. The quantitative estimate of drug-likeness (QED) is 0.395. The van der Waals surface area contributed by atoms with Gasteiger partial charge in [-0.1, -0.05) is 31.5 Å². The molecule has 1 aromatic carbocycles. The van der Waals surface area contributed by atoms with Gasteiger partial charge in [0.1, 0.15) is 11.4 Å². The molecule has 0 saturated heterocycles. The molecule has 0 spiro atoms. The third-order valence-corrected chi connectivity index (χ3v) is 6.03. The minimum Gasteiger partial charge on any atom is -0.493 e. The molecule has 3 rings (SSSR count). The van der Waals surface area contributed by atoms with E-state index >= 15 is 0 Å². The second-order valence-corrected chi connectivity index (χ2v) is 10.3. The van der Waals surface area contributed by atoms with E-state index in [4.69, 9.17) is 16.3 Å². The van der Waals surface area contributed by atoms with E-state index in [2.05, 4.69) is 15.6 Å². The lowest BCUT2D eigenvalue weighted by molar-refractivity contribution is -0.118. The van der Waals surface area contributed by atoms with E-state index in [9.17, 15) is 14.4 Å². The monoisotopic (exact) mass is 527 g/mol. The summed E-state index contributed by atoms with van der Waals surface area (Å²) in [6.45, 7) is 11.9. The Bertz CT molecular complexity index is 1330. The van der Waals surface area contributed by atoms with Crippen molar-refractivity contribution < 1.29 is 14.3 Å². The van der Waals surface area contributed by atoms with E-state index in [1.807, 2.05) is 39.3 Å². The molecule has 0 aliphatic carbocycles. The van der Waals surface area contributed by atoms with Gasteiger partial charge in [-0.2, -0.15) is 4.68 Å². The fourth-order valence-corrected chi connectivity index (χ4v) is 4.31. The number of rotatable bonds is 10. The van der Waals surface area contributed by atoms with Crippen LogP contribution in [0.4, 0.5) is 5.69 Å². The Labute approximate surface area is 221 Å². The topological polar surface area (TPSA) is 107 Å². The first kappa shape index (κ1) is 28.0. The fourth-order valence-electron chi connectivity index (χ4n) is 4.14. The highest BCUT2D eigenvalue weighted by Crippen LogP contribution is 2.25. The van der Waals surface area contributed by atoms with Gasteiger partial charge < -0.3 is 15.4 Å². The summed E-state index contributed by atoms with van der Waals surface area (Å²) in [7, 11) is 0. The van der Waals surface area contributed by atoms with Gasteiger partial charge in [0.15, 0.2) is 5.82 Å². The number of hydrogen-bond donors (Lipinski definition) is 2. The van der Waals surface area contributed by atoms with E-state index in [0.717, 1.165) is 0 Å². The van der Waals surface area contributed by atoms with Crippen molar-refractivity contribution in [3.05, 3.63) is 69.2 Å². The Hall–Kier alpha value is -3.59. The average Bonchev–Trinajstić information content (AvgIpc) is 3.09. The van der Waals surface area contributed by atoms with E-state index < -0.39 is 5.41 Å². The van der Waals surface area contributed by atoms with Crippen molar-refractivity contribution in [1.82, 2.24) is 19.7 Å². The first-order valence-electron chi connectivity index (χ1n) is 12.2. The lowest BCUT2D eigenvalue weighted by atomic mass is 9.88. The van der Waals surface area contributed by atoms with E-state index in [1.165, 1.54) is 4.68 Å². The van der Waals surface area contributed by atoms with Crippen LogP contribution in [-0.2, 0) is 4.79 Å². The number of halogens is 1. The molecule has 2 heterocycles. The van der Waals surface area contributed by atoms with E-state index in [1.54, 1.807) is 49.5 Å². The second kappa shape index (κ2) is 11.6. The number of anilines is 1. The maximum atomic E-state index is 13.3. The molecule has 0 fully saturated rings. The molecule has 2 N–H and O–H groups in total. The Kier molecular flexibility index (Phi) is 8.81. The van der Waals surface area contributed by atoms with Crippen LogP contribution in [0.3, 0.4) is 0 Å². The molecule has 2 aromatic heterocycles. The van der Waals surface area contributed by atoms with Crippen molar-refractivity contribution in [2.75, 3.05) is 18.5 Å². The smallest absolute Gasteiger partial charge is 0.296 e. The largest absolute Gasteiger partial charge is 0.493 e. The zero-order valence-electron chi connectivity index (χ0n) is 22.1. The van der Waals surface area contributed by atoms with Crippen LogP contribution in [0.25, 0.3) is 5.82 Å². The van der Waals surface area contributed by atoms with Crippen molar-refractivity contribution in [3.8, 4) is 11.6 Å². The van der Waals surface area contributed by atoms with Crippen LogP contribution >= 0.6 is 11.6 Å². The van der Waals surface area contributed by atoms with Gasteiger partial charge in [0.05, 0.1) is 17.9 Å². The van der Waals surface area contributed by atoms with Gasteiger partial charge in [-0.25, -0.2) is 4.98 Å². The summed E-state index contributed by atoms with van der Waals surface area (Å²) in [5.74, 6) is 0.239. The van der Waals surface area contributed by atoms with Crippen LogP contribution in [0.1, 0.15) is 63.1 Å². The van der Waals surface area contributed by atoms with Gasteiger partial charge in [0.2, 0.25) is 5.91 Å². The zero-order valence-corrected chi connectivity index (χ0v) is 22.8. The number of nitrogens with zero attached hydrogens (tertiary/aromatic N) is 3. The molecule has 10 heteroatoms. The molecule has 0 aliphatic heterocycles. The molecular formula is C27H34ClN5O4. The molecule has 3 aromatic rings. The van der Waals surface area contributed by atoms with Crippen LogP contribution < -0.4 is 20.9 Å². The lowest BCUT2D eigenvalue weighted by Crippen LogP contribution is -2.37. The highest BCUT2D eigenvalue weighted by Gasteiger charge is 2.27. The lowest BCUT2D eigenvalue weighted by Gasteiger charge is -2.24. The summed E-state index contributed by atoms with van der Waals surface area (Å²) in [6.07, 6.45) is 1.70. The number of benzene rings is 1. The van der Waals surface area contributed by atoms with Crippen LogP contribution in [0.5, 0.6) is 5.75 Å². The van der Waals surface area contributed by atoms with Gasteiger partial charge in [-0.3, -0.25) is 19.1 Å². The molecule has 2 amide bonds. The van der Waals surface area contributed by atoms with Gasteiger partial charge in [-0.15, -0.1) is 0 Å². The number of ether oxygens (including phenoxy) is 1. The minimum atomic E-state index is -0.599. The summed E-state index contributed by atoms with van der Waals surface area (Å²) >= 11 is 6.07. The molecule has 0 radical (unpaired) electrons. The van der Waals surface area contributed by atoms with E-state index in [0.29, 0.717) is 34.5 Å². The molecule has 198 valence electrons. The SMILES string of the molecule is CCOc1ccc(Cl)cc1C(=O)NCC(C)(C)CC(=O)Nc1c(C)n(C(C)C)n(-c2ccccn2)c1=O. The van der Waals surface area contributed by atoms with Crippen LogP contribution in [0.2, 0.25) is 5.02 Å². The Morgan fingerprint density at radius 1 is 1.19 bits per heavy atom. The number of carbonyl (C=O) groups is 2. The Morgan fingerprint density at radius 2 is 1.92 bits per heavy atom. The number of pyridine rings is 1. The summed E-state index contributed by atoms with van der Waals surface area (Å²) in [5, 5.41) is 6.10. The summed E-state index contributed by atoms with van der Waals surface area (Å²) in [5.41, 5.74) is 0.224. The molecule has 0 saturated carbocycles. The first-order valence-corrected chi connectivity index (χ1v) is 12.6. The molecule has 0 aliphatic rings. The highest BCUT2D eigenvalue weighted by atomic mass is 35.5. The molecule has 0 atom stereocenters. The van der Waals surface area contributed by atoms with Gasteiger partial charge >= 0.3 is 0 Å². The number of hydrogen-bond acceptors (Lipinski definition) is 5. The molecule has 37 heavy (non-hydrogen) atoms. The standard InChI is InChI=1S/C27H34ClN5O4/c1-7-37-21-12-11-19(28)14-20(21)25(35)30-16-27(5,6)15-23(34)31-24-18(4)32(17(2)3)33(26(24)36)22-10-8-9-13-29-22/h8-14,17H,7,15-16H2,1-6H3,(H,30,35)(H,31,34). The third-order valence-electron chi connectivity index (χ3n) is 5.80. The maximum Gasteiger partial charge on any atom is 0.296 e. The van der Waals surface area contributed by atoms with Crippen LogP contribution in [-0.4, -0.2) is 39.3 Å². The average molecular weight is 528 g/mol. The number of nitrogens with one attached hydrogen (secondary N) is 2. The van der Waals surface area contributed by atoms with Crippen molar-refractivity contribution in [3.63, 3.8) is 0 Å².